The highest BCUT2D eigenvalue weighted by atomic mass is 16.5. The van der Waals surface area contributed by atoms with Crippen LogP contribution >= 0.6 is 0 Å². The zero-order valence-corrected chi connectivity index (χ0v) is 14.2. The molecule has 0 atom stereocenters. The molecule has 0 aliphatic rings. The molecule has 0 saturated carbocycles. The van der Waals surface area contributed by atoms with Crippen molar-refractivity contribution in [2.24, 2.45) is 0 Å². The van der Waals surface area contributed by atoms with Crippen LogP contribution in [-0.2, 0) is 6.61 Å². The largest absolute Gasteiger partial charge is 0.507 e. The number of carboxylic acids is 1. The lowest BCUT2D eigenvalue weighted by atomic mass is 10.0. The van der Waals surface area contributed by atoms with Gasteiger partial charge in [-0.25, -0.2) is 4.79 Å². The molecule has 5 heteroatoms. The van der Waals surface area contributed by atoms with E-state index in [0.717, 1.165) is 22.4 Å². The van der Waals surface area contributed by atoms with E-state index in [1.54, 1.807) is 7.11 Å². The molecule has 0 saturated heterocycles. The molecular formula is C21H18O5. The molecule has 0 bridgehead atoms. The van der Waals surface area contributed by atoms with Gasteiger partial charge >= 0.3 is 5.97 Å². The van der Waals surface area contributed by atoms with Crippen molar-refractivity contribution in [3.8, 4) is 28.4 Å². The Hall–Kier alpha value is -3.47. The second kappa shape index (κ2) is 7.61. The molecule has 0 aromatic heterocycles. The molecule has 0 radical (unpaired) electrons. The molecule has 0 aliphatic heterocycles. The lowest BCUT2D eigenvalue weighted by Crippen LogP contribution is -1.99. The van der Waals surface area contributed by atoms with Crippen molar-refractivity contribution >= 4 is 5.97 Å². The Kier molecular flexibility index (Phi) is 5.08. The van der Waals surface area contributed by atoms with Gasteiger partial charge in [-0.3, -0.25) is 0 Å². The fraction of sp³-hybridized carbons (Fsp3) is 0.0952. The van der Waals surface area contributed by atoms with E-state index in [-0.39, 0.29) is 11.3 Å². The second-order valence-electron chi connectivity index (χ2n) is 5.71. The van der Waals surface area contributed by atoms with Crippen LogP contribution in [0.15, 0.2) is 66.7 Å². The Balaban J connectivity index is 1.75. The van der Waals surface area contributed by atoms with Gasteiger partial charge in [0.2, 0.25) is 0 Å². The van der Waals surface area contributed by atoms with Crippen molar-refractivity contribution < 1.29 is 24.5 Å². The van der Waals surface area contributed by atoms with E-state index >= 15 is 0 Å². The maximum atomic E-state index is 10.9. The van der Waals surface area contributed by atoms with E-state index in [4.69, 9.17) is 14.6 Å². The van der Waals surface area contributed by atoms with Crippen molar-refractivity contribution in [2.45, 2.75) is 6.61 Å². The van der Waals surface area contributed by atoms with E-state index in [9.17, 15) is 9.90 Å². The number of benzene rings is 3. The molecule has 3 aromatic rings. The number of carbonyl (C=O) groups is 1. The van der Waals surface area contributed by atoms with Gasteiger partial charge in [-0.05, 0) is 47.0 Å². The van der Waals surface area contributed by atoms with Gasteiger partial charge in [0.05, 0.1) is 7.11 Å². The molecule has 0 unspecified atom stereocenters. The van der Waals surface area contributed by atoms with Crippen molar-refractivity contribution in [1.29, 1.82) is 0 Å². The number of carboxylic acid groups (broad SMARTS) is 1. The van der Waals surface area contributed by atoms with Crippen molar-refractivity contribution in [3.05, 3.63) is 77.9 Å². The number of methoxy groups -OCH3 is 1. The molecule has 0 heterocycles. The number of hydrogen-bond acceptors (Lipinski definition) is 4. The number of ether oxygens (including phenoxy) is 2. The van der Waals surface area contributed by atoms with E-state index < -0.39 is 5.97 Å². The van der Waals surface area contributed by atoms with E-state index in [2.05, 4.69) is 0 Å². The Morgan fingerprint density at radius 2 is 1.65 bits per heavy atom. The second-order valence-corrected chi connectivity index (χ2v) is 5.71. The Bertz CT molecular complexity index is 933. The highest BCUT2D eigenvalue weighted by Crippen LogP contribution is 2.26. The summed E-state index contributed by atoms with van der Waals surface area (Å²) in [6.45, 7) is 0.295. The summed E-state index contributed by atoms with van der Waals surface area (Å²) in [5, 5.41) is 18.7. The first kappa shape index (κ1) is 17.4. The summed E-state index contributed by atoms with van der Waals surface area (Å²) in [5.41, 5.74) is 2.87. The number of aromatic carboxylic acids is 1. The molecule has 132 valence electrons. The van der Waals surface area contributed by atoms with Gasteiger partial charge in [0.15, 0.2) is 0 Å². The highest BCUT2D eigenvalue weighted by molar-refractivity contribution is 5.90. The van der Waals surface area contributed by atoms with Crippen molar-refractivity contribution in [1.82, 2.24) is 0 Å². The SMILES string of the molecule is COc1cccc(-c2cccc(COc3ccc(C(=O)O)c(O)c3)c2)c1. The zero-order chi connectivity index (χ0) is 18.5. The van der Waals surface area contributed by atoms with Gasteiger partial charge in [0.25, 0.3) is 0 Å². The summed E-state index contributed by atoms with van der Waals surface area (Å²) in [4.78, 5) is 10.9. The van der Waals surface area contributed by atoms with Crippen molar-refractivity contribution in [3.63, 3.8) is 0 Å². The highest BCUT2D eigenvalue weighted by Gasteiger charge is 2.10. The quantitative estimate of drug-likeness (QED) is 0.691. The van der Waals surface area contributed by atoms with E-state index in [1.165, 1.54) is 18.2 Å². The van der Waals surface area contributed by atoms with Gasteiger partial charge < -0.3 is 19.7 Å². The van der Waals surface area contributed by atoms with Crippen LogP contribution in [0.3, 0.4) is 0 Å². The maximum absolute atomic E-state index is 10.9. The predicted molar refractivity (Wildman–Crippen MR) is 97.8 cm³/mol. The van der Waals surface area contributed by atoms with Crippen LogP contribution in [0.25, 0.3) is 11.1 Å². The third kappa shape index (κ3) is 3.95. The normalized spacial score (nSPS) is 10.3. The molecule has 0 fully saturated rings. The first-order valence-corrected chi connectivity index (χ1v) is 7.99. The summed E-state index contributed by atoms with van der Waals surface area (Å²) < 4.78 is 10.9. The summed E-state index contributed by atoms with van der Waals surface area (Å²) in [7, 11) is 1.63. The van der Waals surface area contributed by atoms with Crippen molar-refractivity contribution in [2.75, 3.05) is 7.11 Å². The summed E-state index contributed by atoms with van der Waals surface area (Å²) in [5.74, 6) is -0.308. The third-order valence-electron chi connectivity index (χ3n) is 3.94. The monoisotopic (exact) mass is 350 g/mol. The Labute approximate surface area is 151 Å². The van der Waals surface area contributed by atoms with Crippen LogP contribution < -0.4 is 9.47 Å². The fourth-order valence-corrected chi connectivity index (χ4v) is 2.59. The number of phenols is 1. The molecule has 3 aromatic carbocycles. The molecule has 0 spiro atoms. The molecule has 5 nitrogen and oxygen atoms in total. The van der Waals surface area contributed by atoms with Crippen LogP contribution in [0.1, 0.15) is 15.9 Å². The topological polar surface area (TPSA) is 76.0 Å². The molecule has 2 N–H and O–H groups in total. The zero-order valence-electron chi connectivity index (χ0n) is 14.2. The van der Waals surface area contributed by atoms with Gasteiger partial charge in [0.1, 0.15) is 29.4 Å². The fourth-order valence-electron chi connectivity index (χ4n) is 2.59. The van der Waals surface area contributed by atoms with E-state index in [1.807, 2.05) is 48.5 Å². The minimum absolute atomic E-state index is 0.155. The standard InChI is InChI=1S/C21H18O5/c1-25-17-7-3-6-16(11-17)15-5-2-4-14(10-15)13-26-18-8-9-19(21(23)24)20(22)12-18/h2-12,22H,13H2,1H3,(H,23,24). The first-order valence-electron chi connectivity index (χ1n) is 7.99. The van der Waals surface area contributed by atoms with Crippen LogP contribution in [0.4, 0.5) is 0 Å². The average molecular weight is 350 g/mol. The minimum Gasteiger partial charge on any atom is -0.507 e. The van der Waals surface area contributed by atoms with Gasteiger partial charge in [0, 0.05) is 6.07 Å². The number of hydrogen-bond donors (Lipinski definition) is 2. The lowest BCUT2D eigenvalue weighted by molar-refractivity contribution is 0.0693. The predicted octanol–water partition coefficient (Wildman–Crippen LogP) is 4.35. The Morgan fingerprint density at radius 3 is 2.35 bits per heavy atom. The smallest absolute Gasteiger partial charge is 0.339 e. The van der Waals surface area contributed by atoms with Crippen LogP contribution in [-0.4, -0.2) is 23.3 Å². The molecule has 0 amide bonds. The molecule has 26 heavy (non-hydrogen) atoms. The average Bonchev–Trinajstić information content (AvgIpc) is 2.66. The van der Waals surface area contributed by atoms with Crippen LogP contribution in [0, 0.1) is 0 Å². The number of rotatable bonds is 6. The van der Waals surface area contributed by atoms with Gasteiger partial charge in [-0.1, -0.05) is 30.3 Å². The number of aromatic hydroxyl groups is 1. The van der Waals surface area contributed by atoms with Gasteiger partial charge in [-0.2, -0.15) is 0 Å². The third-order valence-corrected chi connectivity index (χ3v) is 3.94. The van der Waals surface area contributed by atoms with Gasteiger partial charge in [-0.15, -0.1) is 0 Å². The molecule has 3 rings (SSSR count). The minimum atomic E-state index is -1.18. The van der Waals surface area contributed by atoms with Crippen LogP contribution in [0.5, 0.6) is 17.2 Å². The summed E-state index contributed by atoms with van der Waals surface area (Å²) in [6.07, 6.45) is 0. The maximum Gasteiger partial charge on any atom is 0.339 e. The lowest BCUT2D eigenvalue weighted by Gasteiger charge is -2.10. The van der Waals surface area contributed by atoms with Crippen LogP contribution in [0.2, 0.25) is 0 Å². The summed E-state index contributed by atoms with van der Waals surface area (Å²) >= 11 is 0. The molecular weight excluding hydrogens is 332 g/mol. The first-order chi connectivity index (χ1) is 12.6. The van der Waals surface area contributed by atoms with E-state index in [0.29, 0.717) is 12.4 Å². The Morgan fingerprint density at radius 1 is 0.923 bits per heavy atom. The molecule has 0 aliphatic carbocycles. The summed E-state index contributed by atoms with van der Waals surface area (Å²) in [6, 6.07) is 19.8.